The van der Waals surface area contributed by atoms with E-state index in [1.165, 1.54) is 34.9 Å². The Morgan fingerprint density at radius 1 is 1.15 bits per heavy atom. The Bertz CT molecular complexity index is 1100. The molecule has 1 aromatic heterocycles. The van der Waals surface area contributed by atoms with E-state index in [9.17, 15) is 18.4 Å². The standard InChI is InChI=1S/C19H14F2N2O3/c1-2-23-17-8-5-12(19(25)26)10-16(17)22-15(18(23)24)7-4-11-3-6-13(20)14(21)9-11/h3-10H,2H2,1H3,(H,25,26)/b7-4+. The lowest BCUT2D eigenvalue weighted by molar-refractivity contribution is 0.0697. The van der Waals surface area contributed by atoms with Gasteiger partial charge in [0.2, 0.25) is 0 Å². The number of carboxylic acid groups (broad SMARTS) is 1. The fraction of sp³-hybridized carbons (Fsp3) is 0.105. The summed E-state index contributed by atoms with van der Waals surface area (Å²) in [4.78, 5) is 27.9. The molecule has 0 atom stereocenters. The van der Waals surface area contributed by atoms with Gasteiger partial charge in [-0.3, -0.25) is 4.79 Å². The molecule has 7 heteroatoms. The van der Waals surface area contributed by atoms with E-state index in [0.29, 0.717) is 23.1 Å². The summed E-state index contributed by atoms with van der Waals surface area (Å²) in [6.45, 7) is 2.16. The van der Waals surface area contributed by atoms with Crippen LogP contribution >= 0.6 is 0 Å². The van der Waals surface area contributed by atoms with Gasteiger partial charge in [0.1, 0.15) is 5.69 Å². The van der Waals surface area contributed by atoms with Crippen molar-refractivity contribution >= 4 is 29.2 Å². The van der Waals surface area contributed by atoms with Crippen molar-refractivity contribution in [2.45, 2.75) is 13.5 Å². The summed E-state index contributed by atoms with van der Waals surface area (Å²) in [5, 5.41) is 9.12. The molecule has 0 radical (unpaired) electrons. The van der Waals surface area contributed by atoms with E-state index in [1.54, 1.807) is 13.0 Å². The van der Waals surface area contributed by atoms with E-state index in [-0.39, 0.29) is 16.8 Å². The largest absolute Gasteiger partial charge is 0.478 e. The van der Waals surface area contributed by atoms with E-state index in [4.69, 9.17) is 5.11 Å². The van der Waals surface area contributed by atoms with Crippen LogP contribution < -0.4 is 5.56 Å². The van der Waals surface area contributed by atoms with Crippen LogP contribution in [0.25, 0.3) is 23.2 Å². The van der Waals surface area contributed by atoms with E-state index in [2.05, 4.69) is 4.98 Å². The second-order valence-corrected chi connectivity index (χ2v) is 5.56. The topological polar surface area (TPSA) is 72.2 Å². The molecule has 3 rings (SSSR count). The molecular formula is C19H14F2N2O3. The number of aromatic carboxylic acids is 1. The first-order valence-corrected chi connectivity index (χ1v) is 7.81. The van der Waals surface area contributed by atoms with Gasteiger partial charge >= 0.3 is 5.97 Å². The molecule has 0 saturated carbocycles. The number of carboxylic acids is 1. The minimum atomic E-state index is -1.10. The number of nitrogens with zero attached hydrogens (tertiary/aromatic N) is 2. The molecule has 0 unspecified atom stereocenters. The Morgan fingerprint density at radius 2 is 1.92 bits per heavy atom. The Kier molecular flexibility index (Phi) is 4.62. The maximum Gasteiger partial charge on any atom is 0.335 e. The summed E-state index contributed by atoms with van der Waals surface area (Å²) in [6, 6.07) is 7.71. The van der Waals surface area contributed by atoms with Gasteiger partial charge in [-0.15, -0.1) is 0 Å². The smallest absolute Gasteiger partial charge is 0.335 e. The average molecular weight is 356 g/mol. The highest BCUT2D eigenvalue weighted by Crippen LogP contribution is 2.15. The molecule has 0 fully saturated rings. The number of fused-ring (bicyclic) bond motifs is 1. The molecular weight excluding hydrogens is 342 g/mol. The normalized spacial score (nSPS) is 11.3. The van der Waals surface area contributed by atoms with Crippen molar-refractivity contribution in [2.24, 2.45) is 0 Å². The molecule has 2 aromatic carbocycles. The van der Waals surface area contributed by atoms with Crippen molar-refractivity contribution < 1.29 is 18.7 Å². The van der Waals surface area contributed by atoms with Crippen molar-refractivity contribution in [1.82, 2.24) is 9.55 Å². The van der Waals surface area contributed by atoms with Crippen molar-refractivity contribution in [3.05, 3.63) is 75.2 Å². The van der Waals surface area contributed by atoms with Crippen LogP contribution in [-0.4, -0.2) is 20.6 Å². The first kappa shape index (κ1) is 17.5. The second-order valence-electron chi connectivity index (χ2n) is 5.56. The van der Waals surface area contributed by atoms with Gasteiger partial charge in [-0.05, 0) is 48.9 Å². The number of halogens is 2. The molecule has 0 saturated heterocycles. The fourth-order valence-electron chi connectivity index (χ4n) is 2.61. The van der Waals surface area contributed by atoms with E-state index in [0.717, 1.165) is 12.1 Å². The van der Waals surface area contributed by atoms with Gasteiger partial charge < -0.3 is 9.67 Å². The van der Waals surface area contributed by atoms with Crippen LogP contribution in [0.4, 0.5) is 8.78 Å². The molecule has 0 aliphatic rings. The number of benzene rings is 2. The minimum absolute atomic E-state index is 0.0573. The maximum atomic E-state index is 13.3. The van der Waals surface area contributed by atoms with Crippen LogP contribution in [0.15, 0.2) is 41.2 Å². The third-order valence-corrected chi connectivity index (χ3v) is 3.91. The Hall–Kier alpha value is -3.35. The number of carbonyl (C=O) groups is 1. The monoisotopic (exact) mass is 356 g/mol. The summed E-state index contributed by atoms with van der Waals surface area (Å²) in [5.41, 5.74) is 1.02. The average Bonchev–Trinajstić information content (AvgIpc) is 2.62. The zero-order valence-corrected chi connectivity index (χ0v) is 13.7. The van der Waals surface area contributed by atoms with Gasteiger partial charge in [-0.25, -0.2) is 18.6 Å². The highest BCUT2D eigenvalue weighted by molar-refractivity contribution is 5.92. The number of hydrogen-bond acceptors (Lipinski definition) is 3. The predicted octanol–water partition coefficient (Wildman–Crippen LogP) is 3.56. The molecule has 5 nitrogen and oxygen atoms in total. The lowest BCUT2D eigenvalue weighted by atomic mass is 10.1. The number of rotatable bonds is 4. The SMILES string of the molecule is CCn1c(=O)c(/C=C/c2ccc(F)c(F)c2)nc2cc(C(=O)O)ccc21. The van der Waals surface area contributed by atoms with Crippen molar-refractivity contribution in [1.29, 1.82) is 0 Å². The number of aromatic nitrogens is 2. The summed E-state index contributed by atoms with van der Waals surface area (Å²) in [7, 11) is 0. The Morgan fingerprint density at radius 3 is 2.58 bits per heavy atom. The van der Waals surface area contributed by atoms with E-state index < -0.39 is 17.6 Å². The number of aryl methyl sites for hydroxylation is 1. The molecule has 132 valence electrons. The minimum Gasteiger partial charge on any atom is -0.478 e. The zero-order chi connectivity index (χ0) is 18.8. The van der Waals surface area contributed by atoms with Crippen LogP contribution in [0.3, 0.4) is 0 Å². The van der Waals surface area contributed by atoms with Crippen LogP contribution in [0.2, 0.25) is 0 Å². The predicted molar refractivity (Wildman–Crippen MR) is 93.9 cm³/mol. The molecule has 0 amide bonds. The van der Waals surface area contributed by atoms with Crippen LogP contribution in [-0.2, 0) is 6.54 Å². The highest BCUT2D eigenvalue weighted by atomic mass is 19.2. The zero-order valence-electron chi connectivity index (χ0n) is 13.7. The summed E-state index contributed by atoms with van der Waals surface area (Å²) >= 11 is 0. The Balaban J connectivity index is 2.13. The molecule has 0 aliphatic heterocycles. The van der Waals surface area contributed by atoms with Crippen molar-refractivity contribution in [3.8, 4) is 0 Å². The fourth-order valence-corrected chi connectivity index (χ4v) is 2.61. The van der Waals surface area contributed by atoms with Gasteiger partial charge in [-0.1, -0.05) is 12.1 Å². The maximum absolute atomic E-state index is 13.3. The molecule has 0 spiro atoms. The third-order valence-electron chi connectivity index (χ3n) is 3.91. The quantitative estimate of drug-likeness (QED) is 0.776. The van der Waals surface area contributed by atoms with E-state index in [1.807, 2.05) is 0 Å². The van der Waals surface area contributed by atoms with Crippen molar-refractivity contribution in [2.75, 3.05) is 0 Å². The van der Waals surface area contributed by atoms with Crippen LogP contribution in [0.1, 0.15) is 28.5 Å². The second kappa shape index (κ2) is 6.87. The van der Waals surface area contributed by atoms with Gasteiger partial charge in [0, 0.05) is 6.54 Å². The first-order valence-electron chi connectivity index (χ1n) is 7.81. The lowest BCUT2D eigenvalue weighted by Crippen LogP contribution is -2.23. The van der Waals surface area contributed by atoms with Gasteiger partial charge in [0.05, 0.1) is 16.6 Å². The van der Waals surface area contributed by atoms with Crippen LogP contribution in [0.5, 0.6) is 0 Å². The summed E-state index contributed by atoms with van der Waals surface area (Å²) in [5.74, 6) is -3.04. The first-order chi connectivity index (χ1) is 12.4. The molecule has 0 bridgehead atoms. The molecule has 0 aliphatic carbocycles. The van der Waals surface area contributed by atoms with Crippen molar-refractivity contribution in [3.63, 3.8) is 0 Å². The van der Waals surface area contributed by atoms with Gasteiger partial charge in [0.25, 0.3) is 5.56 Å². The molecule has 26 heavy (non-hydrogen) atoms. The molecule has 1 heterocycles. The van der Waals surface area contributed by atoms with Crippen LogP contribution in [0, 0.1) is 11.6 Å². The highest BCUT2D eigenvalue weighted by Gasteiger charge is 2.11. The van der Waals surface area contributed by atoms with E-state index >= 15 is 0 Å². The molecule has 3 aromatic rings. The molecule has 1 N–H and O–H groups in total. The number of hydrogen-bond donors (Lipinski definition) is 1. The summed E-state index contributed by atoms with van der Waals surface area (Å²) < 4.78 is 27.7. The lowest BCUT2D eigenvalue weighted by Gasteiger charge is -2.09. The summed E-state index contributed by atoms with van der Waals surface area (Å²) in [6.07, 6.45) is 2.84. The van der Waals surface area contributed by atoms with Gasteiger partial charge in [0.15, 0.2) is 11.6 Å². The van der Waals surface area contributed by atoms with Gasteiger partial charge in [-0.2, -0.15) is 0 Å². The Labute approximate surface area is 146 Å². The third kappa shape index (κ3) is 3.23.